The fraction of sp³-hybridized carbons (Fsp3) is 0.278. The van der Waals surface area contributed by atoms with Crippen LogP contribution in [0.2, 0.25) is 0 Å². The molecule has 9 heteroatoms. The summed E-state index contributed by atoms with van der Waals surface area (Å²) in [4.78, 5) is 12.0. The maximum Gasteiger partial charge on any atom is 0.387 e. The molecule has 0 saturated carbocycles. The number of benzene rings is 2. The highest BCUT2D eigenvalue weighted by Crippen LogP contribution is 2.15. The van der Waals surface area contributed by atoms with E-state index >= 15 is 0 Å². The van der Waals surface area contributed by atoms with Crippen molar-refractivity contribution in [2.45, 2.75) is 24.9 Å². The fourth-order valence-corrected chi connectivity index (χ4v) is 3.26. The third-order valence-electron chi connectivity index (χ3n) is 3.58. The number of hydrogen-bond donors (Lipinski definition) is 2. The van der Waals surface area contributed by atoms with E-state index in [0.717, 1.165) is 5.56 Å². The van der Waals surface area contributed by atoms with Crippen LogP contribution in [0.15, 0.2) is 53.4 Å². The van der Waals surface area contributed by atoms with E-state index in [2.05, 4.69) is 14.8 Å². The third-order valence-corrected chi connectivity index (χ3v) is 5.06. The molecule has 0 aromatic heterocycles. The largest absolute Gasteiger partial charge is 0.435 e. The van der Waals surface area contributed by atoms with Crippen LogP contribution in [0, 0.1) is 6.92 Å². The first-order chi connectivity index (χ1) is 12.8. The Morgan fingerprint density at radius 1 is 1.04 bits per heavy atom. The summed E-state index contributed by atoms with van der Waals surface area (Å²) in [7, 11) is -3.63. The lowest BCUT2D eigenvalue weighted by Crippen LogP contribution is -2.35. The summed E-state index contributed by atoms with van der Waals surface area (Å²) in [5, 5.41) is 2.59. The Labute approximate surface area is 156 Å². The molecule has 0 aliphatic carbocycles. The first-order valence-corrected chi connectivity index (χ1v) is 9.61. The molecule has 0 aliphatic heterocycles. The molecular weight excluding hydrogens is 378 g/mol. The molecule has 27 heavy (non-hydrogen) atoms. The number of halogens is 2. The number of carbonyl (C=O) groups excluding carboxylic acids is 1. The standard InChI is InChI=1S/C18H20F2N2O4S/c1-13-2-8-16(9-3-13)27(24,25)22-11-10-21-17(23)12-14-4-6-15(7-5-14)26-18(19)20/h2-9,18,22H,10-12H2,1H3,(H,21,23). The van der Waals surface area contributed by atoms with Crippen molar-refractivity contribution in [1.29, 1.82) is 0 Å². The highest BCUT2D eigenvalue weighted by molar-refractivity contribution is 7.89. The van der Waals surface area contributed by atoms with Crippen molar-refractivity contribution < 1.29 is 26.7 Å². The van der Waals surface area contributed by atoms with Gasteiger partial charge in [-0.05, 0) is 36.8 Å². The minimum Gasteiger partial charge on any atom is -0.435 e. The molecule has 6 nitrogen and oxygen atoms in total. The Morgan fingerprint density at radius 3 is 2.26 bits per heavy atom. The fourth-order valence-electron chi connectivity index (χ4n) is 2.22. The van der Waals surface area contributed by atoms with Crippen molar-refractivity contribution in [1.82, 2.24) is 10.0 Å². The average molecular weight is 398 g/mol. The van der Waals surface area contributed by atoms with Crippen molar-refractivity contribution >= 4 is 15.9 Å². The normalized spacial score (nSPS) is 11.4. The van der Waals surface area contributed by atoms with Gasteiger partial charge < -0.3 is 10.1 Å². The van der Waals surface area contributed by atoms with Crippen LogP contribution in [0.1, 0.15) is 11.1 Å². The van der Waals surface area contributed by atoms with Gasteiger partial charge in [-0.3, -0.25) is 4.79 Å². The zero-order chi connectivity index (χ0) is 19.9. The van der Waals surface area contributed by atoms with Crippen LogP contribution >= 0.6 is 0 Å². The molecule has 0 fully saturated rings. The second-order valence-corrected chi connectivity index (χ2v) is 7.53. The van der Waals surface area contributed by atoms with Crippen LogP contribution in [0.25, 0.3) is 0 Å². The van der Waals surface area contributed by atoms with Gasteiger partial charge in [-0.25, -0.2) is 13.1 Å². The Balaban J connectivity index is 1.75. The number of alkyl halides is 2. The van der Waals surface area contributed by atoms with Gasteiger partial charge in [0, 0.05) is 13.1 Å². The third kappa shape index (κ3) is 6.95. The number of amides is 1. The maximum absolute atomic E-state index is 12.1. The Morgan fingerprint density at radius 2 is 1.67 bits per heavy atom. The predicted molar refractivity (Wildman–Crippen MR) is 96.2 cm³/mol. The molecule has 0 bridgehead atoms. The maximum atomic E-state index is 12.1. The number of ether oxygens (including phenoxy) is 1. The molecule has 1 amide bonds. The summed E-state index contributed by atoms with van der Waals surface area (Å²) >= 11 is 0. The second-order valence-electron chi connectivity index (χ2n) is 5.76. The SMILES string of the molecule is Cc1ccc(S(=O)(=O)NCCNC(=O)Cc2ccc(OC(F)F)cc2)cc1. The smallest absolute Gasteiger partial charge is 0.387 e. The lowest BCUT2D eigenvalue weighted by Gasteiger charge is -2.09. The van der Waals surface area contributed by atoms with Gasteiger partial charge in [0.05, 0.1) is 11.3 Å². The molecule has 0 saturated heterocycles. The van der Waals surface area contributed by atoms with Gasteiger partial charge in [0.15, 0.2) is 0 Å². The molecule has 0 heterocycles. The Bertz CT molecular complexity index is 854. The summed E-state index contributed by atoms with van der Waals surface area (Å²) in [6, 6.07) is 12.2. The lowest BCUT2D eigenvalue weighted by molar-refractivity contribution is -0.120. The molecule has 2 aromatic rings. The van der Waals surface area contributed by atoms with Gasteiger partial charge in [0.1, 0.15) is 5.75 Å². The van der Waals surface area contributed by atoms with Crippen LogP contribution in [-0.2, 0) is 21.2 Å². The van der Waals surface area contributed by atoms with E-state index in [1.54, 1.807) is 12.1 Å². The van der Waals surface area contributed by atoms with Gasteiger partial charge in [0.25, 0.3) is 0 Å². The summed E-state index contributed by atoms with van der Waals surface area (Å²) in [6.45, 7) is -0.874. The molecule has 0 atom stereocenters. The summed E-state index contributed by atoms with van der Waals surface area (Å²) in [6.07, 6.45) is 0.0413. The van der Waals surface area contributed by atoms with Crippen LogP contribution in [0.3, 0.4) is 0 Å². The van der Waals surface area contributed by atoms with Crippen molar-refractivity contribution in [2.75, 3.05) is 13.1 Å². The van der Waals surface area contributed by atoms with Crippen molar-refractivity contribution in [3.63, 3.8) is 0 Å². The van der Waals surface area contributed by atoms with E-state index in [0.29, 0.717) is 5.56 Å². The number of nitrogens with one attached hydrogen (secondary N) is 2. The minimum absolute atomic E-state index is 0.0136. The van der Waals surface area contributed by atoms with Gasteiger partial charge in [-0.15, -0.1) is 0 Å². The van der Waals surface area contributed by atoms with Crippen LogP contribution in [-0.4, -0.2) is 34.0 Å². The topological polar surface area (TPSA) is 84.5 Å². The molecule has 0 spiro atoms. The first kappa shape index (κ1) is 20.8. The minimum atomic E-state index is -3.63. The van der Waals surface area contributed by atoms with Gasteiger partial charge in [-0.2, -0.15) is 8.78 Å². The molecule has 2 rings (SSSR count). The number of carbonyl (C=O) groups is 1. The van der Waals surface area contributed by atoms with E-state index in [9.17, 15) is 22.0 Å². The van der Waals surface area contributed by atoms with Crippen LogP contribution in [0.4, 0.5) is 8.78 Å². The van der Waals surface area contributed by atoms with Gasteiger partial charge in [-0.1, -0.05) is 29.8 Å². The molecular formula is C18H20F2N2O4S. The van der Waals surface area contributed by atoms with Crippen LogP contribution in [0.5, 0.6) is 5.75 Å². The van der Waals surface area contributed by atoms with E-state index in [1.807, 2.05) is 6.92 Å². The number of aryl methyl sites for hydroxylation is 1. The molecule has 2 N–H and O–H groups in total. The average Bonchev–Trinajstić information content (AvgIpc) is 2.60. The summed E-state index contributed by atoms with van der Waals surface area (Å²) < 4.78 is 55.0. The number of sulfonamides is 1. The first-order valence-electron chi connectivity index (χ1n) is 8.13. The zero-order valence-corrected chi connectivity index (χ0v) is 15.4. The van der Waals surface area contributed by atoms with Gasteiger partial charge in [0.2, 0.25) is 15.9 Å². The number of rotatable bonds is 9. The van der Waals surface area contributed by atoms with E-state index in [1.165, 1.54) is 36.4 Å². The highest BCUT2D eigenvalue weighted by Gasteiger charge is 2.13. The molecule has 0 aliphatic rings. The van der Waals surface area contributed by atoms with E-state index in [4.69, 9.17) is 0 Å². The molecule has 0 radical (unpaired) electrons. The van der Waals surface area contributed by atoms with E-state index < -0.39 is 16.6 Å². The monoisotopic (exact) mass is 398 g/mol. The zero-order valence-electron chi connectivity index (χ0n) is 14.6. The molecule has 0 unspecified atom stereocenters. The lowest BCUT2D eigenvalue weighted by atomic mass is 10.1. The van der Waals surface area contributed by atoms with Gasteiger partial charge >= 0.3 is 6.61 Å². The molecule has 2 aromatic carbocycles. The second kappa shape index (κ2) is 9.43. The van der Waals surface area contributed by atoms with Crippen molar-refractivity contribution in [2.24, 2.45) is 0 Å². The highest BCUT2D eigenvalue weighted by atomic mass is 32.2. The number of hydrogen-bond acceptors (Lipinski definition) is 4. The molecule has 146 valence electrons. The Hall–Kier alpha value is -2.52. The summed E-state index contributed by atoms with van der Waals surface area (Å²) in [5.74, 6) is -0.299. The predicted octanol–water partition coefficient (Wildman–Crippen LogP) is 2.23. The summed E-state index contributed by atoms with van der Waals surface area (Å²) in [5.41, 5.74) is 1.57. The Kier molecular flexibility index (Phi) is 7.26. The van der Waals surface area contributed by atoms with Crippen LogP contribution < -0.4 is 14.8 Å². The van der Waals surface area contributed by atoms with E-state index in [-0.39, 0.29) is 36.1 Å². The van der Waals surface area contributed by atoms with Crippen molar-refractivity contribution in [3.05, 3.63) is 59.7 Å². The quantitative estimate of drug-likeness (QED) is 0.635. The van der Waals surface area contributed by atoms with Crippen molar-refractivity contribution in [3.8, 4) is 5.75 Å².